The lowest BCUT2D eigenvalue weighted by Gasteiger charge is -2.28. The molecule has 0 aliphatic carbocycles. The second-order valence-electron chi connectivity index (χ2n) is 5.51. The SMILES string of the molecule is CCc1ncc2c(n1)CN(c1nnnn1-c1ccccc1)CC2. The summed E-state index contributed by atoms with van der Waals surface area (Å²) in [5.41, 5.74) is 3.25. The number of hydrogen-bond acceptors (Lipinski definition) is 6. The highest BCUT2D eigenvalue weighted by Crippen LogP contribution is 2.22. The molecule has 0 atom stereocenters. The summed E-state index contributed by atoms with van der Waals surface area (Å²) >= 11 is 0. The van der Waals surface area contributed by atoms with Crippen LogP contribution in [-0.4, -0.2) is 36.7 Å². The minimum atomic E-state index is 0.706. The van der Waals surface area contributed by atoms with Crippen LogP contribution in [0.5, 0.6) is 0 Å². The van der Waals surface area contributed by atoms with Gasteiger partial charge in [0.05, 0.1) is 17.9 Å². The van der Waals surface area contributed by atoms with E-state index in [-0.39, 0.29) is 0 Å². The van der Waals surface area contributed by atoms with Gasteiger partial charge in [0.25, 0.3) is 5.95 Å². The molecule has 1 aliphatic rings. The van der Waals surface area contributed by atoms with Crippen LogP contribution in [0.25, 0.3) is 5.69 Å². The van der Waals surface area contributed by atoms with Crippen LogP contribution in [0, 0.1) is 0 Å². The van der Waals surface area contributed by atoms with Gasteiger partial charge in [-0.3, -0.25) is 0 Å². The van der Waals surface area contributed by atoms with Gasteiger partial charge in [-0.25, -0.2) is 9.97 Å². The molecule has 7 heteroatoms. The summed E-state index contributed by atoms with van der Waals surface area (Å²) < 4.78 is 1.77. The molecule has 1 aliphatic heterocycles. The lowest BCUT2D eigenvalue weighted by Crippen LogP contribution is -2.33. The molecule has 3 heterocycles. The van der Waals surface area contributed by atoms with Gasteiger partial charge in [0.1, 0.15) is 5.82 Å². The van der Waals surface area contributed by atoms with E-state index in [4.69, 9.17) is 0 Å². The third-order valence-corrected chi connectivity index (χ3v) is 4.05. The highest BCUT2D eigenvalue weighted by atomic mass is 15.6. The van der Waals surface area contributed by atoms with Gasteiger partial charge >= 0.3 is 0 Å². The fourth-order valence-corrected chi connectivity index (χ4v) is 2.80. The second-order valence-corrected chi connectivity index (χ2v) is 5.51. The summed E-state index contributed by atoms with van der Waals surface area (Å²) in [4.78, 5) is 11.2. The number of rotatable bonds is 3. The Morgan fingerprint density at radius 3 is 2.87 bits per heavy atom. The molecule has 116 valence electrons. The fraction of sp³-hybridized carbons (Fsp3) is 0.312. The Labute approximate surface area is 134 Å². The molecule has 0 fully saturated rings. The number of para-hydroxylation sites is 1. The van der Waals surface area contributed by atoms with Gasteiger partial charge in [0.15, 0.2) is 0 Å². The summed E-state index contributed by atoms with van der Waals surface area (Å²) in [6.45, 7) is 3.63. The van der Waals surface area contributed by atoms with Crippen LogP contribution < -0.4 is 4.90 Å². The molecule has 2 aromatic heterocycles. The predicted octanol–water partition coefficient (Wildman–Crippen LogP) is 1.58. The fourth-order valence-electron chi connectivity index (χ4n) is 2.80. The molecule has 0 unspecified atom stereocenters. The Balaban J connectivity index is 1.67. The molecule has 0 bridgehead atoms. The van der Waals surface area contributed by atoms with Gasteiger partial charge in [-0.2, -0.15) is 4.68 Å². The Morgan fingerprint density at radius 1 is 1.17 bits per heavy atom. The van der Waals surface area contributed by atoms with Crippen LogP contribution in [0.4, 0.5) is 5.95 Å². The normalized spacial score (nSPS) is 13.9. The van der Waals surface area contributed by atoms with Gasteiger partial charge in [0.2, 0.25) is 0 Å². The zero-order chi connectivity index (χ0) is 15.6. The maximum atomic E-state index is 4.66. The van der Waals surface area contributed by atoms with Gasteiger partial charge < -0.3 is 4.90 Å². The molecule has 1 aromatic carbocycles. The van der Waals surface area contributed by atoms with E-state index in [1.165, 1.54) is 5.56 Å². The third kappa shape index (κ3) is 2.54. The van der Waals surface area contributed by atoms with Crippen molar-refractivity contribution in [1.82, 2.24) is 30.2 Å². The number of tetrazole rings is 1. The zero-order valence-electron chi connectivity index (χ0n) is 12.9. The first kappa shape index (κ1) is 13.8. The van der Waals surface area contributed by atoms with Crippen LogP contribution in [0.2, 0.25) is 0 Å². The molecule has 0 amide bonds. The van der Waals surface area contributed by atoms with E-state index in [0.29, 0.717) is 6.54 Å². The summed E-state index contributed by atoms with van der Waals surface area (Å²) in [5, 5.41) is 12.2. The van der Waals surface area contributed by atoms with E-state index < -0.39 is 0 Å². The minimum absolute atomic E-state index is 0.706. The number of aryl methyl sites for hydroxylation is 1. The van der Waals surface area contributed by atoms with E-state index in [1.807, 2.05) is 36.5 Å². The lowest BCUT2D eigenvalue weighted by molar-refractivity contribution is 0.662. The van der Waals surface area contributed by atoms with E-state index >= 15 is 0 Å². The van der Waals surface area contributed by atoms with Gasteiger partial charge in [0, 0.05) is 19.2 Å². The third-order valence-electron chi connectivity index (χ3n) is 4.05. The van der Waals surface area contributed by atoms with Crippen LogP contribution in [-0.2, 0) is 19.4 Å². The van der Waals surface area contributed by atoms with Gasteiger partial charge in [-0.05, 0) is 34.5 Å². The lowest BCUT2D eigenvalue weighted by atomic mass is 10.1. The highest BCUT2D eigenvalue weighted by Gasteiger charge is 2.23. The number of anilines is 1. The first-order chi connectivity index (χ1) is 11.3. The molecule has 7 nitrogen and oxygen atoms in total. The van der Waals surface area contributed by atoms with Crippen molar-refractivity contribution in [2.24, 2.45) is 0 Å². The van der Waals surface area contributed by atoms with Crippen LogP contribution in [0.15, 0.2) is 36.5 Å². The molecule has 0 saturated carbocycles. The molecule has 0 saturated heterocycles. The molecular weight excluding hydrogens is 290 g/mol. The maximum Gasteiger partial charge on any atom is 0.250 e. The molecule has 3 aromatic rings. The maximum absolute atomic E-state index is 4.66. The van der Waals surface area contributed by atoms with Gasteiger partial charge in [-0.15, -0.1) is 0 Å². The first-order valence-corrected chi connectivity index (χ1v) is 7.77. The van der Waals surface area contributed by atoms with Crippen LogP contribution >= 0.6 is 0 Å². The predicted molar refractivity (Wildman–Crippen MR) is 85.3 cm³/mol. The van der Waals surface area contributed by atoms with Crippen molar-refractivity contribution in [2.45, 2.75) is 26.3 Å². The van der Waals surface area contributed by atoms with Crippen LogP contribution in [0.3, 0.4) is 0 Å². The monoisotopic (exact) mass is 307 g/mol. The standard InChI is InChI=1S/C16H17N7/c1-2-15-17-10-12-8-9-22(11-14(12)18-15)16-19-20-21-23(16)13-6-4-3-5-7-13/h3-7,10H,2,8-9,11H2,1H3. The number of fused-ring (bicyclic) bond motifs is 1. The highest BCUT2D eigenvalue weighted by molar-refractivity contribution is 5.42. The topological polar surface area (TPSA) is 72.6 Å². The largest absolute Gasteiger partial charge is 0.333 e. The quantitative estimate of drug-likeness (QED) is 0.731. The number of hydrogen-bond donors (Lipinski definition) is 0. The first-order valence-electron chi connectivity index (χ1n) is 7.77. The summed E-state index contributed by atoms with van der Waals surface area (Å²) in [7, 11) is 0. The van der Waals surface area contributed by atoms with E-state index in [0.717, 1.165) is 42.5 Å². The average Bonchev–Trinajstić information content (AvgIpc) is 3.11. The van der Waals surface area contributed by atoms with Crippen molar-refractivity contribution in [3.8, 4) is 5.69 Å². The minimum Gasteiger partial charge on any atom is -0.333 e. The summed E-state index contributed by atoms with van der Waals surface area (Å²) in [6, 6.07) is 9.93. The Bertz CT molecular complexity index is 812. The Hall–Kier alpha value is -2.83. The number of nitrogens with zero attached hydrogens (tertiary/aromatic N) is 7. The molecule has 0 radical (unpaired) electrons. The smallest absolute Gasteiger partial charge is 0.250 e. The number of aromatic nitrogens is 6. The molecule has 4 rings (SSSR count). The van der Waals surface area contributed by atoms with Crippen molar-refractivity contribution in [3.05, 3.63) is 53.6 Å². The Kier molecular flexibility index (Phi) is 3.45. The summed E-state index contributed by atoms with van der Waals surface area (Å²) in [6.07, 6.45) is 3.70. The molecule has 0 spiro atoms. The van der Waals surface area contributed by atoms with E-state index in [9.17, 15) is 0 Å². The molecule has 23 heavy (non-hydrogen) atoms. The van der Waals surface area contributed by atoms with Crippen molar-refractivity contribution in [1.29, 1.82) is 0 Å². The molecular formula is C16H17N7. The summed E-state index contributed by atoms with van der Waals surface area (Å²) in [5.74, 6) is 1.63. The Morgan fingerprint density at radius 2 is 2.04 bits per heavy atom. The number of benzene rings is 1. The average molecular weight is 307 g/mol. The van der Waals surface area contributed by atoms with Crippen molar-refractivity contribution < 1.29 is 0 Å². The van der Waals surface area contributed by atoms with E-state index in [2.05, 4.69) is 37.3 Å². The van der Waals surface area contributed by atoms with Crippen molar-refractivity contribution in [3.63, 3.8) is 0 Å². The second kappa shape index (κ2) is 5.75. The van der Waals surface area contributed by atoms with E-state index in [1.54, 1.807) is 4.68 Å². The zero-order valence-corrected chi connectivity index (χ0v) is 12.9. The molecule has 0 N–H and O–H groups in total. The van der Waals surface area contributed by atoms with Crippen molar-refractivity contribution >= 4 is 5.95 Å². The van der Waals surface area contributed by atoms with Crippen LogP contribution in [0.1, 0.15) is 24.0 Å². The van der Waals surface area contributed by atoms with Gasteiger partial charge in [-0.1, -0.05) is 30.2 Å². The van der Waals surface area contributed by atoms with Crippen molar-refractivity contribution in [2.75, 3.05) is 11.4 Å².